The van der Waals surface area contributed by atoms with Gasteiger partial charge in [-0.25, -0.2) is 4.39 Å². The molecule has 4 heteroatoms. The van der Waals surface area contributed by atoms with Crippen LogP contribution in [0.1, 0.15) is 21.5 Å². The van der Waals surface area contributed by atoms with Crippen LogP contribution >= 0.6 is 0 Å². The molecule has 0 aliphatic rings. The molecular formula is C16H16FNO2. The third kappa shape index (κ3) is 2.64. The molecule has 2 aromatic carbocycles. The SMILES string of the molecule is Cc1ccc(N(C)C(=O)c2ccc(O)cc2F)c(C)c1. The first-order valence-corrected chi connectivity index (χ1v) is 6.24. The minimum absolute atomic E-state index is 0.0646. The molecule has 1 amide bonds. The van der Waals surface area contributed by atoms with Gasteiger partial charge in [0, 0.05) is 18.8 Å². The van der Waals surface area contributed by atoms with Gasteiger partial charge >= 0.3 is 0 Å². The van der Waals surface area contributed by atoms with Crippen LogP contribution in [-0.2, 0) is 0 Å². The van der Waals surface area contributed by atoms with Gasteiger partial charge in [0.1, 0.15) is 11.6 Å². The van der Waals surface area contributed by atoms with E-state index in [0.717, 1.165) is 22.9 Å². The van der Waals surface area contributed by atoms with Crippen molar-refractivity contribution in [2.45, 2.75) is 13.8 Å². The topological polar surface area (TPSA) is 40.5 Å². The van der Waals surface area contributed by atoms with Crippen LogP contribution in [0.5, 0.6) is 5.75 Å². The van der Waals surface area contributed by atoms with Crippen molar-refractivity contribution in [1.82, 2.24) is 0 Å². The molecule has 1 N–H and O–H groups in total. The van der Waals surface area contributed by atoms with Gasteiger partial charge < -0.3 is 10.0 Å². The third-order valence-corrected chi connectivity index (χ3v) is 3.20. The average molecular weight is 273 g/mol. The van der Waals surface area contributed by atoms with Crippen LogP contribution in [0, 0.1) is 19.7 Å². The Labute approximate surface area is 117 Å². The number of aromatic hydroxyl groups is 1. The van der Waals surface area contributed by atoms with Crippen molar-refractivity contribution >= 4 is 11.6 Å². The average Bonchev–Trinajstić information content (AvgIpc) is 2.37. The van der Waals surface area contributed by atoms with Crippen molar-refractivity contribution in [3.05, 3.63) is 58.9 Å². The number of nitrogens with zero attached hydrogens (tertiary/aromatic N) is 1. The Hall–Kier alpha value is -2.36. The largest absolute Gasteiger partial charge is 0.508 e. The number of hydrogen-bond acceptors (Lipinski definition) is 2. The number of amides is 1. The fourth-order valence-corrected chi connectivity index (χ4v) is 2.15. The minimum Gasteiger partial charge on any atom is -0.508 e. The normalized spacial score (nSPS) is 10.4. The van der Waals surface area contributed by atoms with Crippen molar-refractivity contribution in [2.24, 2.45) is 0 Å². The molecule has 2 aromatic rings. The second-order valence-corrected chi connectivity index (χ2v) is 4.82. The van der Waals surface area contributed by atoms with E-state index < -0.39 is 11.7 Å². The van der Waals surface area contributed by atoms with E-state index in [1.54, 1.807) is 7.05 Å². The van der Waals surface area contributed by atoms with E-state index in [2.05, 4.69) is 0 Å². The molecule has 0 aromatic heterocycles. The lowest BCUT2D eigenvalue weighted by Crippen LogP contribution is -2.27. The lowest BCUT2D eigenvalue weighted by molar-refractivity contribution is 0.0989. The molecule has 0 atom stereocenters. The van der Waals surface area contributed by atoms with Gasteiger partial charge in [-0.15, -0.1) is 0 Å². The number of aryl methyl sites for hydroxylation is 2. The van der Waals surface area contributed by atoms with Gasteiger partial charge in [0.2, 0.25) is 0 Å². The maximum Gasteiger partial charge on any atom is 0.260 e. The highest BCUT2D eigenvalue weighted by atomic mass is 19.1. The highest BCUT2D eigenvalue weighted by Gasteiger charge is 2.19. The number of hydrogen-bond donors (Lipinski definition) is 1. The van der Waals surface area contributed by atoms with E-state index in [1.807, 2.05) is 32.0 Å². The second kappa shape index (κ2) is 5.33. The summed E-state index contributed by atoms with van der Waals surface area (Å²) in [5, 5.41) is 9.18. The van der Waals surface area contributed by atoms with Crippen LogP contribution in [0.15, 0.2) is 36.4 Å². The van der Waals surface area contributed by atoms with E-state index in [9.17, 15) is 14.3 Å². The summed E-state index contributed by atoms with van der Waals surface area (Å²) in [4.78, 5) is 13.7. The maximum absolute atomic E-state index is 13.7. The van der Waals surface area contributed by atoms with Gasteiger partial charge in [0.25, 0.3) is 5.91 Å². The summed E-state index contributed by atoms with van der Waals surface area (Å²) in [6.45, 7) is 3.87. The molecule has 0 saturated heterocycles. The smallest absolute Gasteiger partial charge is 0.260 e. The Morgan fingerprint density at radius 1 is 1.15 bits per heavy atom. The number of phenolic OH excluding ortho intramolecular Hbond substituents is 1. The fourth-order valence-electron chi connectivity index (χ4n) is 2.15. The van der Waals surface area contributed by atoms with E-state index in [1.165, 1.54) is 17.0 Å². The first-order valence-electron chi connectivity index (χ1n) is 6.24. The zero-order chi connectivity index (χ0) is 14.9. The van der Waals surface area contributed by atoms with E-state index in [0.29, 0.717) is 0 Å². The molecule has 0 heterocycles. The Bertz CT molecular complexity index is 668. The monoisotopic (exact) mass is 273 g/mol. The summed E-state index contributed by atoms with van der Waals surface area (Å²) in [5.41, 5.74) is 2.71. The molecule has 20 heavy (non-hydrogen) atoms. The number of anilines is 1. The Morgan fingerprint density at radius 3 is 2.45 bits per heavy atom. The molecule has 2 rings (SSSR count). The lowest BCUT2D eigenvalue weighted by Gasteiger charge is -2.20. The summed E-state index contributed by atoms with van der Waals surface area (Å²) in [5.74, 6) is -1.38. The predicted molar refractivity (Wildman–Crippen MR) is 76.7 cm³/mol. The summed E-state index contributed by atoms with van der Waals surface area (Å²) in [6, 6.07) is 9.22. The van der Waals surface area contributed by atoms with Crippen molar-refractivity contribution in [3.8, 4) is 5.75 Å². The zero-order valence-corrected chi connectivity index (χ0v) is 11.6. The molecule has 0 bridgehead atoms. The summed E-state index contributed by atoms with van der Waals surface area (Å²) in [6.07, 6.45) is 0. The first-order chi connectivity index (χ1) is 9.40. The van der Waals surface area contributed by atoms with Gasteiger partial charge in [-0.2, -0.15) is 0 Å². The maximum atomic E-state index is 13.7. The number of carbonyl (C=O) groups excluding carboxylic acids is 1. The minimum atomic E-state index is -0.730. The molecule has 104 valence electrons. The van der Waals surface area contributed by atoms with E-state index in [4.69, 9.17) is 0 Å². The predicted octanol–water partition coefficient (Wildman–Crippen LogP) is 3.42. The molecule has 0 aliphatic heterocycles. The molecule has 0 radical (unpaired) electrons. The van der Waals surface area contributed by atoms with Crippen LogP contribution in [0.25, 0.3) is 0 Å². The summed E-state index contributed by atoms with van der Waals surface area (Å²) >= 11 is 0. The molecular weight excluding hydrogens is 257 g/mol. The van der Waals surface area contributed by atoms with Gasteiger partial charge in [0.15, 0.2) is 0 Å². The fraction of sp³-hybridized carbons (Fsp3) is 0.188. The number of halogens is 1. The van der Waals surface area contributed by atoms with Crippen molar-refractivity contribution in [1.29, 1.82) is 0 Å². The highest BCUT2D eigenvalue weighted by Crippen LogP contribution is 2.23. The first kappa shape index (κ1) is 14.1. The van der Waals surface area contributed by atoms with Gasteiger partial charge in [-0.1, -0.05) is 17.7 Å². The van der Waals surface area contributed by atoms with Gasteiger partial charge in [0.05, 0.1) is 5.56 Å². The molecule has 0 unspecified atom stereocenters. The Kier molecular flexibility index (Phi) is 3.74. The van der Waals surface area contributed by atoms with Crippen LogP contribution in [0.4, 0.5) is 10.1 Å². The standard InChI is InChI=1S/C16H16FNO2/c1-10-4-7-15(11(2)8-10)18(3)16(20)13-6-5-12(19)9-14(13)17/h4-9,19H,1-3H3. The summed E-state index contributed by atoms with van der Waals surface area (Å²) in [7, 11) is 1.60. The molecule has 0 fully saturated rings. The van der Waals surface area contributed by atoms with Crippen LogP contribution < -0.4 is 4.90 Å². The van der Waals surface area contributed by atoms with E-state index >= 15 is 0 Å². The highest BCUT2D eigenvalue weighted by molar-refractivity contribution is 6.06. The molecule has 3 nitrogen and oxygen atoms in total. The number of carbonyl (C=O) groups is 1. The Balaban J connectivity index is 2.37. The number of benzene rings is 2. The third-order valence-electron chi connectivity index (χ3n) is 3.20. The van der Waals surface area contributed by atoms with Gasteiger partial charge in [-0.3, -0.25) is 4.79 Å². The van der Waals surface area contributed by atoms with Crippen LogP contribution in [0.3, 0.4) is 0 Å². The molecule has 0 spiro atoms. The molecule has 0 saturated carbocycles. The van der Waals surface area contributed by atoms with E-state index in [-0.39, 0.29) is 11.3 Å². The number of phenols is 1. The quantitative estimate of drug-likeness (QED) is 0.910. The zero-order valence-electron chi connectivity index (χ0n) is 11.6. The lowest BCUT2D eigenvalue weighted by atomic mass is 10.1. The van der Waals surface area contributed by atoms with Crippen molar-refractivity contribution in [3.63, 3.8) is 0 Å². The molecule has 0 aliphatic carbocycles. The summed E-state index contributed by atoms with van der Waals surface area (Å²) < 4.78 is 13.7. The van der Waals surface area contributed by atoms with Crippen molar-refractivity contribution < 1.29 is 14.3 Å². The van der Waals surface area contributed by atoms with Crippen LogP contribution in [0.2, 0.25) is 0 Å². The second-order valence-electron chi connectivity index (χ2n) is 4.82. The van der Waals surface area contributed by atoms with Crippen LogP contribution in [-0.4, -0.2) is 18.1 Å². The Morgan fingerprint density at radius 2 is 1.85 bits per heavy atom. The number of rotatable bonds is 2. The van der Waals surface area contributed by atoms with Crippen molar-refractivity contribution in [2.75, 3.05) is 11.9 Å². The van der Waals surface area contributed by atoms with Gasteiger partial charge in [-0.05, 0) is 37.6 Å².